The van der Waals surface area contributed by atoms with Crippen LogP contribution in [0.15, 0.2) is 24.4 Å². The molecule has 1 fully saturated rings. The van der Waals surface area contributed by atoms with Crippen LogP contribution in [-0.4, -0.2) is 24.0 Å². The Kier molecular flexibility index (Phi) is 4.66. The molecule has 0 unspecified atom stereocenters. The molecule has 1 amide bonds. The number of amides is 1. The molecule has 2 aromatic rings. The summed E-state index contributed by atoms with van der Waals surface area (Å²) in [5, 5.41) is 4.27. The van der Waals surface area contributed by atoms with Crippen LogP contribution in [0.4, 0.5) is 0 Å². The Bertz CT molecular complexity index is 640. The van der Waals surface area contributed by atoms with Gasteiger partial charge in [-0.25, -0.2) is 0 Å². The van der Waals surface area contributed by atoms with Gasteiger partial charge >= 0.3 is 0 Å². The summed E-state index contributed by atoms with van der Waals surface area (Å²) < 4.78 is 5.27. The highest BCUT2D eigenvalue weighted by Gasteiger charge is 2.16. The molecule has 4 nitrogen and oxygen atoms in total. The highest BCUT2D eigenvalue weighted by molar-refractivity contribution is 5.89. The van der Waals surface area contributed by atoms with Gasteiger partial charge in [-0.05, 0) is 36.6 Å². The standard InChI is InChI=1S/C18H24N2O2/c1-22-15-8-9-17-16(11-15)13(12-19-17)10-18(21)20-14-6-4-2-3-5-7-14/h8-9,11-12,14,19H,2-7,10H2,1H3,(H,20,21). The Morgan fingerprint density at radius 2 is 2.05 bits per heavy atom. The van der Waals surface area contributed by atoms with E-state index in [4.69, 9.17) is 4.74 Å². The smallest absolute Gasteiger partial charge is 0.224 e. The summed E-state index contributed by atoms with van der Waals surface area (Å²) in [6.07, 6.45) is 9.65. The minimum atomic E-state index is 0.121. The zero-order valence-electron chi connectivity index (χ0n) is 13.2. The van der Waals surface area contributed by atoms with E-state index in [0.717, 1.165) is 35.1 Å². The van der Waals surface area contributed by atoms with Gasteiger partial charge < -0.3 is 15.0 Å². The lowest BCUT2D eigenvalue weighted by Crippen LogP contribution is -2.35. The van der Waals surface area contributed by atoms with Crippen LogP contribution in [0.1, 0.15) is 44.1 Å². The summed E-state index contributed by atoms with van der Waals surface area (Å²) in [4.78, 5) is 15.6. The first-order valence-corrected chi connectivity index (χ1v) is 8.19. The number of carbonyl (C=O) groups excluding carboxylic acids is 1. The molecule has 0 aliphatic heterocycles. The lowest BCUT2D eigenvalue weighted by molar-refractivity contribution is -0.121. The van der Waals surface area contributed by atoms with Gasteiger partial charge in [0.1, 0.15) is 5.75 Å². The second-order valence-electron chi connectivity index (χ2n) is 6.16. The van der Waals surface area contributed by atoms with Crippen molar-refractivity contribution in [2.45, 2.75) is 51.0 Å². The molecule has 1 saturated carbocycles. The highest BCUT2D eigenvalue weighted by Crippen LogP contribution is 2.24. The number of aromatic nitrogens is 1. The van der Waals surface area contributed by atoms with Gasteiger partial charge in [-0.1, -0.05) is 25.7 Å². The zero-order chi connectivity index (χ0) is 15.4. The molecule has 3 rings (SSSR count). The predicted octanol–water partition coefficient (Wildman–Crippen LogP) is 3.56. The minimum absolute atomic E-state index is 0.121. The summed E-state index contributed by atoms with van der Waals surface area (Å²) >= 11 is 0. The normalized spacial score (nSPS) is 16.4. The van der Waals surface area contributed by atoms with Crippen molar-refractivity contribution in [3.63, 3.8) is 0 Å². The van der Waals surface area contributed by atoms with Gasteiger partial charge in [-0.15, -0.1) is 0 Å². The van der Waals surface area contributed by atoms with E-state index < -0.39 is 0 Å². The highest BCUT2D eigenvalue weighted by atomic mass is 16.5. The van der Waals surface area contributed by atoms with Gasteiger partial charge in [0, 0.05) is 23.1 Å². The summed E-state index contributed by atoms with van der Waals surface area (Å²) in [7, 11) is 1.66. The molecule has 1 heterocycles. The molecule has 0 atom stereocenters. The third-order valence-electron chi connectivity index (χ3n) is 4.55. The monoisotopic (exact) mass is 300 g/mol. The summed E-state index contributed by atoms with van der Waals surface area (Å²) in [5.74, 6) is 0.938. The zero-order valence-corrected chi connectivity index (χ0v) is 13.2. The number of rotatable bonds is 4. The van der Waals surface area contributed by atoms with Crippen LogP contribution in [0.3, 0.4) is 0 Å². The molecule has 0 spiro atoms. The van der Waals surface area contributed by atoms with E-state index in [1.54, 1.807) is 7.11 Å². The quantitative estimate of drug-likeness (QED) is 0.848. The van der Waals surface area contributed by atoms with Gasteiger partial charge in [-0.3, -0.25) is 4.79 Å². The fourth-order valence-corrected chi connectivity index (χ4v) is 3.31. The average Bonchev–Trinajstić information content (AvgIpc) is 2.74. The Morgan fingerprint density at radius 1 is 1.27 bits per heavy atom. The molecule has 2 N–H and O–H groups in total. The third kappa shape index (κ3) is 3.43. The molecule has 118 valence electrons. The van der Waals surface area contributed by atoms with E-state index in [1.807, 2.05) is 24.4 Å². The maximum Gasteiger partial charge on any atom is 0.224 e. The topological polar surface area (TPSA) is 54.1 Å². The Morgan fingerprint density at radius 3 is 2.77 bits per heavy atom. The second-order valence-corrected chi connectivity index (χ2v) is 6.16. The summed E-state index contributed by atoms with van der Waals surface area (Å²) in [6, 6.07) is 6.25. The Balaban J connectivity index is 1.68. The first-order chi connectivity index (χ1) is 10.8. The predicted molar refractivity (Wildman–Crippen MR) is 88.2 cm³/mol. The van der Waals surface area contributed by atoms with Gasteiger partial charge in [0.05, 0.1) is 13.5 Å². The molecule has 0 bridgehead atoms. The van der Waals surface area contributed by atoms with Crippen molar-refractivity contribution in [3.8, 4) is 5.75 Å². The Labute approximate surface area is 131 Å². The van der Waals surface area contributed by atoms with Crippen LogP contribution in [0.5, 0.6) is 5.75 Å². The number of aromatic amines is 1. The number of hydrogen-bond acceptors (Lipinski definition) is 2. The molecular weight excluding hydrogens is 276 g/mol. The van der Waals surface area contributed by atoms with Crippen molar-refractivity contribution in [2.24, 2.45) is 0 Å². The molecule has 4 heteroatoms. The Hall–Kier alpha value is -1.97. The third-order valence-corrected chi connectivity index (χ3v) is 4.55. The maximum atomic E-state index is 12.3. The molecule has 22 heavy (non-hydrogen) atoms. The molecular formula is C18H24N2O2. The van der Waals surface area contributed by atoms with Gasteiger partial charge in [0.2, 0.25) is 5.91 Å². The van der Waals surface area contributed by atoms with Crippen LogP contribution in [0, 0.1) is 0 Å². The van der Waals surface area contributed by atoms with Crippen LogP contribution in [0.2, 0.25) is 0 Å². The average molecular weight is 300 g/mol. The number of benzene rings is 1. The van der Waals surface area contributed by atoms with Crippen molar-refractivity contribution in [1.82, 2.24) is 10.3 Å². The number of H-pyrrole nitrogens is 1. The van der Waals surface area contributed by atoms with Crippen molar-refractivity contribution < 1.29 is 9.53 Å². The number of hydrogen-bond donors (Lipinski definition) is 2. The van der Waals surface area contributed by atoms with E-state index in [0.29, 0.717) is 12.5 Å². The number of fused-ring (bicyclic) bond motifs is 1. The number of nitrogens with one attached hydrogen (secondary N) is 2. The molecule has 1 aromatic heterocycles. The first kappa shape index (κ1) is 14.9. The van der Waals surface area contributed by atoms with Crippen LogP contribution in [0.25, 0.3) is 10.9 Å². The molecule has 1 aliphatic rings. The fraction of sp³-hybridized carbons (Fsp3) is 0.500. The van der Waals surface area contributed by atoms with Crippen molar-refractivity contribution in [1.29, 1.82) is 0 Å². The van der Waals surface area contributed by atoms with Gasteiger partial charge in [0.15, 0.2) is 0 Å². The van der Waals surface area contributed by atoms with Crippen LogP contribution < -0.4 is 10.1 Å². The van der Waals surface area contributed by atoms with Crippen LogP contribution >= 0.6 is 0 Å². The van der Waals surface area contributed by atoms with Crippen LogP contribution in [-0.2, 0) is 11.2 Å². The molecule has 0 saturated heterocycles. The first-order valence-electron chi connectivity index (χ1n) is 8.19. The van der Waals surface area contributed by atoms with E-state index in [2.05, 4.69) is 10.3 Å². The van der Waals surface area contributed by atoms with E-state index in [-0.39, 0.29) is 5.91 Å². The van der Waals surface area contributed by atoms with Crippen molar-refractivity contribution in [3.05, 3.63) is 30.0 Å². The van der Waals surface area contributed by atoms with Crippen molar-refractivity contribution >= 4 is 16.8 Å². The number of ether oxygens (including phenoxy) is 1. The largest absolute Gasteiger partial charge is 0.497 e. The van der Waals surface area contributed by atoms with Gasteiger partial charge in [0.25, 0.3) is 0 Å². The minimum Gasteiger partial charge on any atom is -0.497 e. The fourth-order valence-electron chi connectivity index (χ4n) is 3.31. The second kappa shape index (κ2) is 6.86. The van der Waals surface area contributed by atoms with E-state index in [9.17, 15) is 4.79 Å². The lowest BCUT2D eigenvalue weighted by atomic mass is 10.1. The molecule has 1 aliphatic carbocycles. The van der Waals surface area contributed by atoms with Gasteiger partial charge in [-0.2, -0.15) is 0 Å². The summed E-state index contributed by atoms with van der Waals surface area (Å²) in [6.45, 7) is 0. The van der Waals surface area contributed by atoms with E-state index in [1.165, 1.54) is 25.7 Å². The lowest BCUT2D eigenvalue weighted by Gasteiger charge is -2.16. The van der Waals surface area contributed by atoms with Crippen molar-refractivity contribution in [2.75, 3.05) is 7.11 Å². The maximum absolute atomic E-state index is 12.3. The molecule has 1 aromatic carbocycles. The van der Waals surface area contributed by atoms with E-state index >= 15 is 0 Å². The SMILES string of the molecule is COc1ccc2[nH]cc(CC(=O)NC3CCCCCC3)c2c1. The molecule has 0 radical (unpaired) electrons. The summed E-state index contributed by atoms with van der Waals surface area (Å²) in [5.41, 5.74) is 2.07. The number of methoxy groups -OCH3 is 1. The number of carbonyl (C=O) groups is 1.